The first-order valence-corrected chi connectivity index (χ1v) is 8.56. The van der Waals surface area contributed by atoms with Crippen LogP contribution in [-0.2, 0) is 9.47 Å². The zero-order valence-electron chi connectivity index (χ0n) is 14.8. The Morgan fingerprint density at radius 3 is 1.95 bits per heavy atom. The molecule has 0 saturated heterocycles. The molecule has 0 spiro atoms. The van der Waals surface area contributed by atoms with E-state index < -0.39 is 0 Å². The van der Waals surface area contributed by atoms with E-state index in [1.807, 2.05) is 37.3 Å². The topological polar surface area (TPSA) is 18.5 Å². The van der Waals surface area contributed by atoms with Gasteiger partial charge in [0.25, 0.3) is 0 Å². The standard InChI is InChI=1S/C19H31O2.Na/c1-3-5-6-7-8-9-10-14-17-21-19(20-4-2)18-15-12-11-13-16-18;/h11-13,15-16H,3-10,14,17H2,1-2H3;/q-1;+1. The van der Waals surface area contributed by atoms with Crippen LogP contribution in [0, 0.1) is 6.29 Å². The van der Waals surface area contributed by atoms with Crippen LogP contribution in [0.5, 0.6) is 0 Å². The molecular formula is C19H31NaO2. The molecule has 0 aliphatic carbocycles. The van der Waals surface area contributed by atoms with E-state index in [0.717, 1.165) is 18.6 Å². The van der Waals surface area contributed by atoms with Crippen molar-refractivity contribution in [3.63, 3.8) is 0 Å². The molecule has 120 valence electrons. The summed E-state index contributed by atoms with van der Waals surface area (Å²) in [7, 11) is 0. The number of unbranched alkanes of at least 4 members (excludes halogenated alkanes) is 7. The summed E-state index contributed by atoms with van der Waals surface area (Å²) in [4.78, 5) is 0. The summed E-state index contributed by atoms with van der Waals surface area (Å²) in [5.41, 5.74) is 1.03. The Kier molecular flexibility index (Phi) is 15.9. The molecule has 0 aliphatic rings. The molecule has 1 rings (SSSR count). The number of benzene rings is 1. The van der Waals surface area contributed by atoms with Crippen LogP contribution in [-0.4, -0.2) is 13.2 Å². The van der Waals surface area contributed by atoms with Crippen molar-refractivity contribution < 1.29 is 39.0 Å². The number of ether oxygens (including phenoxy) is 2. The van der Waals surface area contributed by atoms with Crippen molar-refractivity contribution in [2.45, 2.75) is 65.2 Å². The van der Waals surface area contributed by atoms with E-state index in [9.17, 15) is 0 Å². The predicted molar refractivity (Wildman–Crippen MR) is 89.0 cm³/mol. The van der Waals surface area contributed by atoms with Crippen molar-refractivity contribution in [1.82, 2.24) is 0 Å². The molecule has 0 unspecified atom stereocenters. The summed E-state index contributed by atoms with van der Waals surface area (Å²) in [6.45, 7) is 5.64. The van der Waals surface area contributed by atoms with E-state index in [0.29, 0.717) is 12.9 Å². The second-order valence-electron chi connectivity index (χ2n) is 5.41. The molecule has 3 heteroatoms. The molecule has 2 nitrogen and oxygen atoms in total. The average Bonchev–Trinajstić information content (AvgIpc) is 2.53. The first-order valence-electron chi connectivity index (χ1n) is 8.56. The van der Waals surface area contributed by atoms with E-state index >= 15 is 0 Å². The van der Waals surface area contributed by atoms with Crippen LogP contribution in [0.25, 0.3) is 0 Å². The van der Waals surface area contributed by atoms with Crippen LogP contribution in [0.1, 0.15) is 70.8 Å². The summed E-state index contributed by atoms with van der Waals surface area (Å²) < 4.78 is 11.4. The Hall–Kier alpha value is 0.01000. The van der Waals surface area contributed by atoms with Gasteiger partial charge in [0.05, 0.1) is 6.29 Å². The fourth-order valence-corrected chi connectivity index (χ4v) is 2.31. The van der Waals surface area contributed by atoms with Gasteiger partial charge in [-0.2, -0.15) is 12.1 Å². The van der Waals surface area contributed by atoms with Crippen LogP contribution < -0.4 is 29.6 Å². The predicted octanol–water partition coefficient (Wildman–Crippen LogP) is 2.72. The summed E-state index contributed by atoms with van der Waals surface area (Å²) >= 11 is 0. The summed E-state index contributed by atoms with van der Waals surface area (Å²) in [5.74, 6) is 0. The molecule has 0 bridgehead atoms. The van der Waals surface area contributed by atoms with Gasteiger partial charge in [-0.25, -0.2) is 0 Å². The van der Waals surface area contributed by atoms with Gasteiger partial charge in [-0.15, -0.1) is 17.7 Å². The van der Waals surface area contributed by atoms with Gasteiger partial charge in [0, 0.05) is 13.2 Å². The maximum Gasteiger partial charge on any atom is 1.00 e. The Morgan fingerprint density at radius 2 is 1.36 bits per heavy atom. The number of hydrogen-bond acceptors (Lipinski definition) is 2. The molecule has 0 aliphatic heterocycles. The first-order chi connectivity index (χ1) is 10.4. The van der Waals surface area contributed by atoms with Crippen molar-refractivity contribution in [3.8, 4) is 0 Å². The smallest absolute Gasteiger partial charge is 0.385 e. The van der Waals surface area contributed by atoms with E-state index in [1.165, 1.54) is 44.9 Å². The minimum Gasteiger partial charge on any atom is -0.385 e. The van der Waals surface area contributed by atoms with Crippen LogP contribution in [0.3, 0.4) is 0 Å². The first kappa shape index (κ1) is 22.0. The minimum absolute atomic E-state index is 0. The quantitative estimate of drug-likeness (QED) is 0.317. The molecule has 22 heavy (non-hydrogen) atoms. The van der Waals surface area contributed by atoms with Gasteiger partial charge < -0.3 is 9.47 Å². The van der Waals surface area contributed by atoms with Crippen LogP contribution >= 0.6 is 0 Å². The van der Waals surface area contributed by atoms with Crippen molar-refractivity contribution in [1.29, 1.82) is 0 Å². The molecule has 0 aromatic heterocycles. The van der Waals surface area contributed by atoms with E-state index in [4.69, 9.17) is 9.47 Å². The van der Waals surface area contributed by atoms with Gasteiger partial charge in [0.1, 0.15) is 0 Å². The average molecular weight is 314 g/mol. The fourth-order valence-electron chi connectivity index (χ4n) is 2.31. The van der Waals surface area contributed by atoms with Gasteiger partial charge >= 0.3 is 29.6 Å². The number of hydrogen-bond donors (Lipinski definition) is 0. The second kappa shape index (κ2) is 15.9. The van der Waals surface area contributed by atoms with Gasteiger partial charge in [-0.1, -0.05) is 57.9 Å². The molecule has 0 heterocycles. The monoisotopic (exact) mass is 314 g/mol. The molecule has 1 aromatic rings. The van der Waals surface area contributed by atoms with Crippen LogP contribution in [0.2, 0.25) is 0 Å². The minimum atomic E-state index is 0. The van der Waals surface area contributed by atoms with Crippen molar-refractivity contribution in [3.05, 3.63) is 42.2 Å². The molecule has 0 radical (unpaired) electrons. The largest absolute Gasteiger partial charge is 1.00 e. The van der Waals surface area contributed by atoms with Gasteiger partial charge in [0.2, 0.25) is 0 Å². The zero-order chi connectivity index (χ0) is 15.2. The third-order valence-corrected chi connectivity index (χ3v) is 3.52. The molecule has 0 fully saturated rings. The van der Waals surface area contributed by atoms with Crippen molar-refractivity contribution >= 4 is 0 Å². The Balaban J connectivity index is 0.00000441. The summed E-state index contributed by atoms with van der Waals surface area (Å²) in [6.07, 6.45) is 11.2. The van der Waals surface area contributed by atoms with E-state index in [-0.39, 0.29) is 29.6 Å². The van der Waals surface area contributed by atoms with Crippen molar-refractivity contribution in [2.24, 2.45) is 0 Å². The van der Waals surface area contributed by atoms with Crippen LogP contribution in [0.4, 0.5) is 0 Å². The molecular weight excluding hydrogens is 283 g/mol. The van der Waals surface area contributed by atoms with Crippen LogP contribution in [0.15, 0.2) is 30.3 Å². The number of rotatable bonds is 13. The SMILES string of the molecule is CCCCCCCCCCO[C-](OCC)c1ccccc1.[Na+]. The summed E-state index contributed by atoms with van der Waals surface area (Å²) in [5, 5.41) is 0. The third kappa shape index (κ3) is 10.7. The zero-order valence-corrected chi connectivity index (χ0v) is 16.8. The molecule has 0 saturated carbocycles. The van der Waals surface area contributed by atoms with Gasteiger partial charge in [-0.3, -0.25) is 0 Å². The van der Waals surface area contributed by atoms with Gasteiger partial charge in [-0.05, 0) is 13.3 Å². The maximum absolute atomic E-state index is 5.81. The third-order valence-electron chi connectivity index (χ3n) is 3.52. The normalized spacial score (nSPS) is 10.3. The van der Waals surface area contributed by atoms with Gasteiger partial charge in [0.15, 0.2) is 0 Å². The Bertz CT molecular complexity index is 329. The fraction of sp³-hybridized carbons (Fsp3) is 0.632. The molecule has 1 aromatic carbocycles. The second-order valence-corrected chi connectivity index (χ2v) is 5.41. The Morgan fingerprint density at radius 1 is 0.773 bits per heavy atom. The van der Waals surface area contributed by atoms with E-state index in [1.54, 1.807) is 0 Å². The maximum atomic E-state index is 5.81. The summed E-state index contributed by atoms with van der Waals surface area (Å²) in [6, 6.07) is 10.1. The van der Waals surface area contributed by atoms with E-state index in [2.05, 4.69) is 6.92 Å². The Labute approximate surface area is 159 Å². The molecule has 0 amide bonds. The molecule has 0 N–H and O–H groups in total. The molecule has 0 atom stereocenters. The van der Waals surface area contributed by atoms with Crippen molar-refractivity contribution in [2.75, 3.05) is 13.2 Å².